The number of rotatable bonds is 8. The van der Waals surface area contributed by atoms with E-state index in [4.69, 9.17) is 11.6 Å². The summed E-state index contributed by atoms with van der Waals surface area (Å²) in [7, 11) is 0. The van der Waals surface area contributed by atoms with Crippen molar-refractivity contribution in [3.05, 3.63) is 92.6 Å². The van der Waals surface area contributed by atoms with E-state index in [1.165, 1.54) is 0 Å². The minimum Gasteiger partial charge on any atom is -0.352 e. The second kappa shape index (κ2) is 9.76. The van der Waals surface area contributed by atoms with Crippen LogP contribution in [0.25, 0.3) is 16.9 Å². The van der Waals surface area contributed by atoms with Crippen molar-refractivity contribution in [3.8, 4) is 16.9 Å². The van der Waals surface area contributed by atoms with E-state index in [0.29, 0.717) is 22.8 Å². The molecule has 0 aliphatic heterocycles. The molecule has 0 spiro atoms. The van der Waals surface area contributed by atoms with Gasteiger partial charge in [0.25, 0.3) is 5.91 Å². The van der Waals surface area contributed by atoms with Gasteiger partial charge in [-0.15, -0.1) is 0 Å². The molecule has 4 rings (SSSR count). The van der Waals surface area contributed by atoms with Gasteiger partial charge in [0.05, 0.1) is 11.4 Å². The summed E-state index contributed by atoms with van der Waals surface area (Å²) in [4.78, 5) is 25.0. The highest BCUT2D eigenvalue weighted by Crippen LogP contribution is 2.25. The molecule has 31 heavy (non-hydrogen) atoms. The number of aryl methyl sites for hydroxylation is 1. The van der Waals surface area contributed by atoms with Gasteiger partial charge in [-0.05, 0) is 49.2 Å². The molecule has 0 unspecified atom stereocenters. The van der Waals surface area contributed by atoms with Crippen LogP contribution in [0.5, 0.6) is 0 Å². The Hall–Kier alpha value is -3.16. The second-order valence-corrected chi connectivity index (χ2v) is 8.27. The Bertz CT molecular complexity index is 1230. The molecule has 2 heterocycles. The fourth-order valence-electron chi connectivity index (χ4n) is 3.32. The van der Waals surface area contributed by atoms with Gasteiger partial charge in [0.1, 0.15) is 0 Å². The molecule has 4 aromatic rings. The summed E-state index contributed by atoms with van der Waals surface area (Å²) in [6.07, 6.45) is 5.48. The third-order valence-corrected chi connectivity index (χ3v) is 5.80. The number of benzene rings is 2. The molecule has 0 saturated heterocycles. The van der Waals surface area contributed by atoms with Crippen molar-refractivity contribution < 1.29 is 4.79 Å². The maximum atomic E-state index is 12.6. The van der Waals surface area contributed by atoms with Gasteiger partial charge in [-0.2, -0.15) is 5.10 Å². The van der Waals surface area contributed by atoms with Gasteiger partial charge in [0, 0.05) is 47.0 Å². The van der Waals surface area contributed by atoms with E-state index in [9.17, 15) is 9.59 Å². The lowest BCUT2D eigenvalue weighted by Gasteiger charge is -2.10. The lowest BCUT2D eigenvalue weighted by atomic mass is 10.1. The van der Waals surface area contributed by atoms with Gasteiger partial charge in [-0.1, -0.05) is 41.1 Å². The number of halogens is 1. The molecule has 2 aromatic carbocycles. The first-order valence-corrected chi connectivity index (χ1v) is 11.2. The van der Waals surface area contributed by atoms with Crippen molar-refractivity contribution >= 4 is 28.8 Å². The minimum atomic E-state index is -0.132. The Kier molecular flexibility index (Phi) is 6.64. The number of nitrogens with one attached hydrogen (secondary N) is 1. The van der Waals surface area contributed by atoms with Crippen LogP contribution in [0.15, 0.2) is 77.2 Å². The molecule has 6 nitrogen and oxygen atoms in total. The van der Waals surface area contributed by atoms with Crippen LogP contribution in [-0.4, -0.2) is 26.8 Å². The second-order valence-electron chi connectivity index (χ2n) is 7.02. The highest BCUT2D eigenvalue weighted by atomic mass is 35.5. The van der Waals surface area contributed by atoms with Gasteiger partial charge in [-0.3, -0.25) is 18.8 Å². The average Bonchev–Trinajstić information content (AvgIpc) is 3.43. The van der Waals surface area contributed by atoms with Gasteiger partial charge in [0.2, 0.25) is 0 Å². The Morgan fingerprint density at radius 1 is 1.10 bits per heavy atom. The quantitative estimate of drug-likeness (QED) is 0.396. The third kappa shape index (κ3) is 5.13. The Balaban J connectivity index is 1.45. The molecule has 0 atom stereocenters. The first-order valence-electron chi connectivity index (χ1n) is 9.94. The van der Waals surface area contributed by atoms with E-state index < -0.39 is 0 Å². The van der Waals surface area contributed by atoms with Crippen LogP contribution in [0.1, 0.15) is 23.2 Å². The average molecular weight is 453 g/mol. The van der Waals surface area contributed by atoms with E-state index in [-0.39, 0.29) is 10.8 Å². The Morgan fingerprint density at radius 2 is 1.97 bits per heavy atom. The highest BCUT2D eigenvalue weighted by molar-refractivity contribution is 7.07. The number of unbranched alkanes of at least 4 members (excludes halogenated alkanes) is 1. The molecule has 158 valence electrons. The number of nitrogens with zero attached hydrogens (tertiary/aromatic N) is 3. The lowest BCUT2D eigenvalue weighted by molar-refractivity contribution is 0.0953. The fraction of sp³-hybridized carbons (Fsp3) is 0.174. The maximum Gasteiger partial charge on any atom is 0.312 e. The molecule has 1 amide bonds. The molecule has 0 bridgehead atoms. The first-order chi connectivity index (χ1) is 15.1. The number of carbonyl (C=O) groups excluding carboxylic acids is 1. The molecule has 0 aliphatic rings. The van der Waals surface area contributed by atoms with Crippen molar-refractivity contribution in [2.75, 3.05) is 6.54 Å². The van der Waals surface area contributed by atoms with Crippen molar-refractivity contribution in [1.29, 1.82) is 0 Å². The summed E-state index contributed by atoms with van der Waals surface area (Å²) < 4.78 is 3.49. The van der Waals surface area contributed by atoms with Crippen LogP contribution in [0.4, 0.5) is 0 Å². The van der Waals surface area contributed by atoms with Crippen LogP contribution in [0.3, 0.4) is 0 Å². The summed E-state index contributed by atoms with van der Waals surface area (Å²) in [5.41, 5.74) is 2.78. The smallest absolute Gasteiger partial charge is 0.312 e. The van der Waals surface area contributed by atoms with Crippen molar-refractivity contribution in [3.63, 3.8) is 0 Å². The molecule has 0 radical (unpaired) electrons. The topological polar surface area (TPSA) is 68.9 Å². The van der Waals surface area contributed by atoms with Crippen LogP contribution >= 0.6 is 22.9 Å². The summed E-state index contributed by atoms with van der Waals surface area (Å²) in [5.74, 6) is -0.132. The predicted octanol–water partition coefficient (Wildman–Crippen LogP) is 4.63. The number of aromatic nitrogens is 3. The molecular formula is C23H21ClN4O2S. The van der Waals surface area contributed by atoms with Crippen LogP contribution < -0.4 is 10.2 Å². The van der Waals surface area contributed by atoms with E-state index in [0.717, 1.165) is 42.0 Å². The van der Waals surface area contributed by atoms with Gasteiger partial charge >= 0.3 is 4.87 Å². The van der Waals surface area contributed by atoms with Crippen molar-refractivity contribution in [2.45, 2.75) is 19.4 Å². The van der Waals surface area contributed by atoms with Gasteiger partial charge < -0.3 is 5.32 Å². The number of hydrogen-bond donors (Lipinski definition) is 1. The SMILES string of the molecule is O=C(NCCCCn1cccn1)c1cccc(-c2csc(=O)n2-c2cccc(Cl)c2)c1. The highest BCUT2D eigenvalue weighted by Gasteiger charge is 2.13. The number of amides is 1. The Labute approximate surface area is 188 Å². The van der Waals surface area contributed by atoms with Crippen molar-refractivity contribution in [1.82, 2.24) is 19.7 Å². The predicted molar refractivity (Wildman–Crippen MR) is 124 cm³/mol. The zero-order chi connectivity index (χ0) is 21.6. The molecule has 0 aliphatic carbocycles. The molecule has 8 heteroatoms. The minimum absolute atomic E-state index is 0.107. The normalized spacial score (nSPS) is 10.9. The number of thiazole rings is 1. The third-order valence-electron chi connectivity index (χ3n) is 4.84. The monoisotopic (exact) mass is 452 g/mol. The van der Waals surface area contributed by atoms with E-state index in [2.05, 4.69) is 10.4 Å². The summed E-state index contributed by atoms with van der Waals surface area (Å²) >= 11 is 7.23. The summed E-state index contributed by atoms with van der Waals surface area (Å²) in [6, 6.07) is 16.4. The fourth-order valence-corrected chi connectivity index (χ4v) is 4.27. The molecule has 1 N–H and O–H groups in total. The van der Waals surface area contributed by atoms with E-state index in [1.54, 1.807) is 34.3 Å². The molecular weight excluding hydrogens is 432 g/mol. The van der Waals surface area contributed by atoms with Crippen molar-refractivity contribution in [2.24, 2.45) is 0 Å². The zero-order valence-corrected chi connectivity index (χ0v) is 18.3. The van der Waals surface area contributed by atoms with Crippen LogP contribution in [0.2, 0.25) is 5.02 Å². The zero-order valence-electron chi connectivity index (χ0n) is 16.7. The standard InChI is InChI=1S/C23H21ClN4O2S/c24-19-8-4-9-20(15-19)28-21(16-31-23(28)30)17-6-3-7-18(14-17)22(29)25-10-1-2-12-27-13-5-11-26-27/h3-9,11,13-16H,1-2,10,12H2,(H,25,29). The van der Waals surface area contributed by atoms with E-state index >= 15 is 0 Å². The summed E-state index contributed by atoms with van der Waals surface area (Å²) in [6.45, 7) is 1.42. The Morgan fingerprint density at radius 3 is 2.77 bits per heavy atom. The molecule has 0 fully saturated rings. The maximum absolute atomic E-state index is 12.6. The van der Waals surface area contributed by atoms with E-state index in [1.807, 2.05) is 47.3 Å². The van der Waals surface area contributed by atoms with Crippen LogP contribution in [-0.2, 0) is 6.54 Å². The lowest BCUT2D eigenvalue weighted by Crippen LogP contribution is -2.24. The number of carbonyl (C=O) groups is 1. The molecule has 2 aromatic heterocycles. The van der Waals surface area contributed by atoms with Gasteiger partial charge in [-0.25, -0.2) is 0 Å². The first kappa shape index (κ1) is 21.1. The largest absolute Gasteiger partial charge is 0.352 e. The molecule has 0 saturated carbocycles. The number of hydrogen-bond acceptors (Lipinski definition) is 4. The van der Waals surface area contributed by atoms with Gasteiger partial charge in [0.15, 0.2) is 0 Å². The van der Waals surface area contributed by atoms with Crippen LogP contribution in [0, 0.1) is 0 Å². The summed E-state index contributed by atoms with van der Waals surface area (Å²) in [5, 5.41) is 9.49.